The lowest BCUT2D eigenvalue weighted by molar-refractivity contribution is -0.167. The Hall–Kier alpha value is -2.70. The molecule has 2 bridgehead atoms. The van der Waals surface area contributed by atoms with E-state index in [1.54, 1.807) is 23.3 Å². The Bertz CT molecular complexity index is 1560. The van der Waals surface area contributed by atoms with E-state index in [9.17, 15) is 23.1 Å². The van der Waals surface area contributed by atoms with Crippen LogP contribution in [0, 0.1) is 17.7 Å². The van der Waals surface area contributed by atoms with Gasteiger partial charge in [0.1, 0.15) is 23.2 Å². The highest BCUT2D eigenvalue weighted by Crippen LogP contribution is 2.56. The van der Waals surface area contributed by atoms with Gasteiger partial charge in [0.15, 0.2) is 0 Å². The van der Waals surface area contributed by atoms with E-state index in [4.69, 9.17) is 28.0 Å². The summed E-state index contributed by atoms with van der Waals surface area (Å²) in [6, 6.07) is 7.80. The van der Waals surface area contributed by atoms with Crippen LogP contribution in [0.15, 0.2) is 47.7 Å². The van der Waals surface area contributed by atoms with Crippen LogP contribution in [0.1, 0.15) is 53.2 Å². The minimum absolute atomic E-state index is 0.00797. The Morgan fingerprint density at radius 3 is 2.48 bits per heavy atom. The minimum Gasteiger partial charge on any atom is -0.478 e. The molecular formula is C27H26Cl2FN3O6S. The number of carboxylic acid groups (broad SMARTS) is 1. The van der Waals surface area contributed by atoms with Gasteiger partial charge in [-0.3, -0.25) is 4.79 Å². The van der Waals surface area contributed by atoms with Gasteiger partial charge in [-0.1, -0.05) is 35.3 Å². The maximum absolute atomic E-state index is 15.5. The van der Waals surface area contributed by atoms with Gasteiger partial charge in [0.25, 0.3) is 5.91 Å². The quantitative estimate of drug-likeness (QED) is 0.428. The second-order valence-electron chi connectivity index (χ2n) is 10.9. The topological polar surface area (TPSA) is 125 Å². The Morgan fingerprint density at radius 1 is 1.18 bits per heavy atom. The molecule has 2 aliphatic carbocycles. The molecular weight excluding hydrogens is 584 g/mol. The Balaban J connectivity index is 1.35. The lowest BCUT2D eigenvalue weighted by atomic mass is 9.87. The van der Waals surface area contributed by atoms with Crippen molar-refractivity contribution in [3.8, 4) is 0 Å². The molecule has 0 aromatic heterocycles. The first kappa shape index (κ1) is 27.5. The van der Waals surface area contributed by atoms with Crippen molar-refractivity contribution in [2.75, 3.05) is 12.8 Å². The lowest BCUT2D eigenvalue weighted by Gasteiger charge is -2.38. The first-order chi connectivity index (χ1) is 18.9. The fourth-order valence-corrected chi connectivity index (χ4v) is 7.46. The highest BCUT2D eigenvalue weighted by molar-refractivity contribution is 7.89. The van der Waals surface area contributed by atoms with Crippen LogP contribution in [-0.2, 0) is 25.2 Å². The zero-order chi connectivity index (χ0) is 28.6. The third-order valence-corrected chi connectivity index (χ3v) is 9.43. The largest absolute Gasteiger partial charge is 0.478 e. The third-order valence-electron chi connectivity index (χ3n) is 8.22. The smallest absolute Gasteiger partial charge is 0.337 e. The van der Waals surface area contributed by atoms with Gasteiger partial charge in [0, 0.05) is 44.7 Å². The van der Waals surface area contributed by atoms with E-state index < -0.39 is 39.3 Å². The van der Waals surface area contributed by atoms with E-state index in [-0.39, 0.29) is 29.0 Å². The van der Waals surface area contributed by atoms with Gasteiger partial charge in [-0.15, -0.1) is 5.06 Å². The molecule has 1 amide bonds. The maximum Gasteiger partial charge on any atom is 0.337 e. The molecule has 3 N–H and O–H groups in total. The van der Waals surface area contributed by atoms with Gasteiger partial charge < -0.3 is 15.3 Å². The van der Waals surface area contributed by atoms with Crippen LogP contribution >= 0.6 is 23.2 Å². The van der Waals surface area contributed by atoms with E-state index in [1.807, 2.05) is 4.72 Å². The number of carbonyl (C=O) groups is 2. The number of nitrogens with zero attached hydrogens (tertiary/aromatic N) is 1. The predicted molar refractivity (Wildman–Crippen MR) is 144 cm³/mol. The zero-order valence-corrected chi connectivity index (χ0v) is 23.6. The average Bonchev–Trinajstić information content (AvgIpc) is 3.36. The van der Waals surface area contributed by atoms with Gasteiger partial charge >= 0.3 is 5.97 Å². The van der Waals surface area contributed by atoms with Crippen molar-refractivity contribution in [2.24, 2.45) is 11.8 Å². The summed E-state index contributed by atoms with van der Waals surface area (Å²) in [5.41, 5.74) is 0.00205. The predicted octanol–water partition coefficient (Wildman–Crippen LogP) is 4.14. The lowest BCUT2D eigenvalue weighted by Crippen LogP contribution is -2.48. The van der Waals surface area contributed by atoms with Crippen LogP contribution in [0.2, 0.25) is 10.0 Å². The SMILES string of the molecule is CS(=O)(=O)NC(=O)c1ccc(C23CC(CN2)C(N2OC(C4CC4)=C(C(=O)O)C2c2c(Cl)cccc2Cl)C3)c(F)c1. The van der Waals surface area contributed by atoms with E-state index in [1.165, 1.54) is 12.1 Å². The Labute approximate surface area is 240 Å². The normalized spacial score (nSPS) is 28.1. The molecule has 2 aromatic rings. The molecule has 40 heavy (non-hydrogen) atoms. The molecule has 4 unspecified atom stereocenters. The monoisotopic (exact) mass is 609 g/mol. The van der Waals surface area contributed by atoms with Gasteiger partial charge in [-0.05, 0) is 55.9 Å². The number of piperidine rings is 1. The molecule has 9 nitrogen and oxygen atoms in total. The number of hydrogen-bond donors (Lipinski definition) is 3. The fraction of sp³-hybridized carbons (Fsp3) is 0.407. The number of hydrogen-bond acceptors (Lipinski definition) is 7. The van der Waals surface area contributed by atoms with Crippen LogP contribution in [0.5, 0.6) is 0 Å². The number of allylic oxidation sites excluding steroid dienone is 1. The summed E-state index contributed by atoms with van der Waals surface area (Å²) >= 11 is 13.2. The standard InChI is InChI=1S/C27H26Cl2FN3O6S/c1-40(37,38)32-25(34)14-7-8-16(19(30)9-14)27-10-15(12-31-27)20(11-27)33-23(21-17(28)3-2-4-18(21)29)22(26(35)36)24(39-33)13-5-6-13/h2-4,7-9,13,15,20,23,31H,5-6,10-12H2,1H3,(H,32,34)(H,35,36). The van der Waals surface area contributed by atoms with Gasteiger partial charge in [0.2, 0.25) is 10.0 Å². The molecule has 0 spiro atoms. The highest BCUT2D eigenvalue weighted by Gasteiger charge is 2.59. The number of hydroxylamine groups is 2. The number of amides is 1. The number of rotatable bonds is 7. The average molecular weight is 610 g/mol. The van der Waals surface area contributed by atoms with Crippen LogP contribution < -0.4 is 10.0 Å². The van der Waals surface area contributed by atoms with E-state index in [0.717, 1.165) is 25.2 Å². The number of nitrogens with one attached hydrogen (secondary N) is 2. The summed E-state index contributed by atoms with van der Waals surface area (Å²) < 4.78 is 40.2. The molecule has 13 heteroatoms. The second-order valence-corrected chi connectivity index (χ2v) is 13.5. The summed E-state index contributed by atoms with van der Waals surface area (Å²) in [5, 5.41) is 16.1. The molecule has 2 heterocycles. The number of fused-ring (bicyclic) bond motifs is 2. The summed E-state index contributed by atoms with van der Waals surface area (Å²) in [5.74, 6) is -2.25. The summed E-state index contributed by atoms with van der Waals surface area (Å²) in [4.78, 5) is 31.2. The highest BCUT2D eigenvalue weighted by atomic mass is 35.5. The van der Waals surface area contributed by atoms with Crippen LogP contribution in [0.4, 0.5) is 4.39 Å². The minimum atomic E-state index is -3.81. The first-order valence-electron chi connectivity index (χ1n) is 12.8. The van der Waals surface area contributed by atoms with Crippen molar-refractivity contribution in [2.45, 2.75) is 43.3 Å². The molecule has 2 aliphatic heterocycles. The molecule has 212 valence electrons. The fourth-order valence-electron chi connectivity index (χ4n) is 6.40. The number of aliphatic carboxylic acids is 1. The van der Waals surface area contributed by atoms with Gasteiger partial charge in [-0.25, -0.2) is 22.3 Å². The Kier molecular flexibility index (Phi) is 6.66. The first-order valence-corrected chi connectivity index (χ1v) is 15.5. The summed E-state index contributed by atoms with van der Waals surface area (Å²) in [6.07, 6.45) is 3.44. The Morgan fingerprint density at radius 2 is 1.88 bits per heavy atom. The molecule has 4 aliphatic rings. The van der Waals surface area contributed by atoms with E-state index >= 15 is 4.39 Å². The van der Waals surface area contributed by atoms with Crippen molar-refractivity contribution < 1.29 is 32.3 Å². The number of sulfonamides is 1. The van der Waals surface area contributed by atoms with Crippen molar-refractivity contribution in [3.63, 3.8) is 0 Å². The van der Waals surface area contributed by atoms with Crippen LogP contribution in [0.25, 0.3) is 0 Å². The summed E-state index contributed by atoms with van der Waals surface area (Å²) in [6.45, 7) is 0.532. The van der Waals surface area contributed by atoms with Crippen LogP contribution in [0.3, 0.4) is 0 Å². The van der Waals surface area contributed by atoms with E-state index in [0.29, 0.717) is 46.3 Å². The van der Waals surface area contributed by atoms with Gasteiger partial charge in [-0.2, -0.15) is 0 Å². The second kappa shape index (κ2) is 9.70. The van der Waals surface area contributed by atoms with Crippen molar-refractivity contribution >= 4 is 45.1 Å². The molecule has 2 aromatic carbocycles. The number of carboxylic acids is 1. The molecule has 1 saturated heterocycles. The molecule has 3 fully saturated rings. The van der Waals surface area contributed by atoms with Crippen LogP contribution in [-0.4, -0.2) is 49.3 Å². The number of carbonyl (C=O) groups excluding carboxylic acids is 1. The molecule has 0 radical (unpaired) electrons. The molecule has 6 rings (SSSR count). The zero-order valence-electron chi connectivity index (χ0n) is 21.3. The number of benzene rings is 2. The number of halogens is 3. The molecule has 2 saturated carbocycles. The maximum atomic E-state index is 15.5. The van der Waals surface area contributed by atoms with E-state index in [2.05, 4.69) is 5.32 Å². The van der Waals surface area contributed by atoms with Crippen molar-refractivity contribution in [3.05, 3.63) is 80.3 Å². The summed E-state index contributed by atoms with van der Waals surface area (Å²) in [7, 11) is -3.81. The third kappa shape index (κ3) is 4.67. The molecule has 4 atom stereocenters. The van der Waals surface area contributed by atoms with Gasteiger partial charge in [0.05, 0.1) is 12.3 Å². The van der Waals surface area contributed by atoms with Crippen molar-refractivity contribution in [1.82, 2.24) is 15.1 Å². The van der Waals surface area contributed by atoms with Crippen molar-refractivity contribution in [1.29, 1.82) is 0 Å².